The Morgan fingerprint density at radius 3 is 1.10 bits per heavy atom. The Morgan fingerprint density at radius 2 is 0.690 bits per heavy atom. The number of benzene rings is 3. The van der Waals surface area contributed by atoms with E-state index in [-0.39, 0.29) is 0 Å². The lowest BCUT2D eigenvalue weighted by Gasteiger charge is -2.15. The molecular formula is C17H3F11O. The highest BCUT2D eigenvalue weighted by Crippen LogP contribution is 2.42. The average molecular weight is 432 g/mol. The van der Waals surface area contributed by atoms with Gasteiger partial charge < -0.3 is 4.74 Å². The molecule has 0 N–H and O–H groups in total. The zero-order valence-corrected chi connectivity index (χ0v) is 13.6. The zero-order chi connectivity index (χ0) is 21.9. The van der Waals surface area contributed by atoms with Crippen molar-refractivity contribution in [3.63, 3.8) is 0 Å². The van der Waals surface area contributed by atoms with E-state index in [4.69, 9.17) is 0 Å². The summed E-state index contributed by atoms with van der Waals surface area (Å²) < 4.78 is 158. The van der Waals surface area contributed by atoms with Gasteiger partial charge in [-0.25, -0.2) is 39.5 Å². The van der Waals surface area contributed by atoms with Crippen LogP contribution in [0.1, 0.15) is 0 Å². The van der Waals surface area contributed by atoms with Gasteiger partial charge in [-0.15, -0.1) is 0 Å². The lowest BCUT2D eigenvalue weighted by atomic mass is 9.96. The van der Waals surface area contributed by atoms with E-state index in [1.165, 1.54) is 0 Å². The topological polar surface area (TPSA) is 9.23 Å². The first-order valence-corrected chi connectivity index (χ1v) is 7.19. The second kappa shape index (κ2) is 6.78. The molecule has 0 fully saturated rings. The van der Waals surface area contributed by atoms with E-state index in [0.717, 1.165) is 0 Å². The van der Waals surface area contributed by atoms with Gasteiger partial charge in [-0.2, -0.15) is 8.78 Å². The summed E-state index contributed by atoms with van der Waals surface area (Å²) in [6.07, 6.45) is 0. The van der Waals surface area contributed by atoms with Crippen molar-refractivity contribution in [3.05, 3.63) is 64.0 Å². The van der Waals surface area contributed by atoms with E-state index in [9.17, 15) is 48.3 Å². The molecule has 0 bridgehead atoms. The molecule has 0 atom stereocenters. The summed E-state index contributed by atoms with van der Waals surface area (Å²) in [7, 11) is 0.590. The van der Waals surface area contributed by atoms with Crippen LogP contribution in [0, 0.1) is 64.0 Å². The molecule has 0 aliphatic carbocycles. The van der Waals surface area contributed by atoms with Gasteiger partial charge in [0.2, 0.25) is 11.6 Å². The number of halogens is 11. The number of hydrogen-bond donors (Lipinski definition) is 0. The highest BCUT2D eigenvalue weighted by Gasteiger charge is 2.35. The molecule has 0 aromatic heterocycles. The summed E-state index contributed by atoms with van der Waals surface area (Å²) in [5, 5.41) is -4.14. The lowest BCUT2D eigenvalue weighted by Crippen LogP contribution is -2.09. The van der Waals surface area contributed by atoms with Crippen molar-refractivity contribution in [3.8, 4) is 16.9 Å². The first kappa shape index (κ1) is 20.7. The molecular weight excluding hydrogens is 429 g/mol. The third-order valence-corrected chi connectivity index (χ3v) is 4.01. The Morgan fingerprint density at radius 1 is 0.379 bits per heavy atom. The molecule has 0 spiro atoms. The summed E-state index contributed by atoms with van der Waals surface area (Å²) in [5.74, 6) is -29.4. The minimum absolute atomic E-state index is 0.590. The Kier molecular flexibility index (Phi) is 4.83. The number of fused-ring (bicyclic) bond motifs is 1. The van der Waals surface area contributed by atoms with Crippen molar-refractivity contribution in [2.75, 3.05) is 7.11 Å². The molecule has 1 nitrogen and oxygen atoms in total. The van der Waals surface area contributed by atoms with Crippen LogP contribution in [0.5, 0.6) is 5.75 Å². The van der Waals surface area contributed by atoms with Crippen LogP contribution in [0.4, 0.5) is 48.3 Å². The van der Waals surface area contributed by atoms with Gasteiger partial charge in [-0.1, -0.05) is 0 Å². The largest absolute Gasteiger partial charge is 0.491 e. The van der Waals surface area contributed by atoms with Crippen LogP contribution >= 0.6 is 0 Å². The molecule has 0 aliphatic heterocycles. The maximum Gasteiger partial charge on any atom is 0.204 e. The van der Waals surface area contributed by atoms with Gasteiger partial charge in [-0.05, 0) is 0 Å². The first-order valence-electron chi connectivity index (χ1n) is 7.19. The Labute approximate surface area is 152 Å². The number of ether oxygens (including phenoxy) is 1. The van der Waals surface area contributed by atoms with Crippen molar-refractivity contribution in [1.29, 1.82) is 0 Å². The molecule has 29 heavy (non-hydrogen) atoms. The number of methoxy groups -OCH3 is 1. The van der Waals surface area contributed by atoms with Gasteiger partial charge in [0.25, 0.3) is 0 Å². The smallest absolute Gasteiger partial charge is 0.204 e. The third kappa shape index (κ3) is 2.61. The molecule has 3 rings (SSSR count). The van der Waals surface area contributed by atoms with Crippen LogP contribution in [0.2, 0.25) is 0 Å². The summed E-state index contributed by atoms with van der Waals surface area (Å²) in [6.45, 7) is 0. The summed E-state index contributed by atoms with van der Waals surface area (Å²) >= 11 is 0. The minimum atomic E-state index is -2.65. The Balaban J connectivity index is 2.62. The van der Waals surface area contributed by atoms with Gasteiger partial charge in [0.05, 0.1) is 29.0 Å². The van der Waals surface area contributed by atoms with Crippen molar-refractivity contribution >= 4 is 10.8 Å². The average Bonchev–Trinajstić information content (AvgIpc) is 2.68. The molecule has 0 radical (unpaired) electrons. The first-order chi connectivity index (χ1) is 13.5. The van der Waals surface area contributed by atoms with Crippen molar-refractivity contribution in [1.82, 2.24) is 0 Å². The Hall–Kier alpha value is -3.05. The summed E-state index contributed by atoms with van der Waals surface area (Å²) in [5.41, 5.74) is -4.42. The van der Waals surface area contributed by atoms with Gasteiger partial charge in [0.15, 0.2) is 52.3 Å². The number of hydrogen-bond acceptors (Lipinski definition) is 1. The van der Waals surface area contributed by atoms with Crippen LogP contribution in [-0.2, 0) is 0 Å². The van der Waals surface area contributed by atoms with E-state index in [0.29, 0.717) is 7.11 Å². The molecule has 12 heteroatoms. The van der Waals surface area contributed by atoms with Crippen LogP contribution < -0.4 is 4.74 Å². The second-order valence-corrected chi connectivity index (χ2v) is 5.49. The molecule has 0 saturated carbocycles. The van der Waals surface area contributed by atoms with Crippen molar-refractivity contribution < 1.29 is 53.0 Å². The third-order valence-electron chi connectivity index (χ3n) is 4.01. The molecule has 3 aromatic carbocycles. The van der Waals surface area contributed by atoms with E-state index in [1.54, 1.807) is 0 Å². The van der Waals surface area contributed by atoms with E-state index in [2.05, 4.69) is 4.74 Å². The SMILES string of the molecule is COc1c(F)c(F)c(-c2c(F)c(F)c3c(F)c(F)c(F)c(F)c3c2F)c(F)c1F. The second-order valence-electron chi connectivity index (χ2n) is 5.49. The quantitative estimate of drug-likeness (QED) is 0.272. The predicted molar refractivity (Wildman–Crippen MR) is 75.5 cm³/mol. The molecule has 0 saturated heterocycles. The molecule has 0 aliphatic rings. The van der Waals surface area contributed by atoms with E-state index < -0.39 is 91.6 Å². The molecule has 0 unspecified atom stereocenters. The van der Waals surface area contributed by atoms with Gasteiger partial charge in [0.1, 0.15) is 5.82 Å². The van der Waals surface area contributed by atoms with Crippen molar-refractivity contribution in [2.45, 2.75) is 0 Å². The monoisotopic (exact) mass is 432 g/mol. The van der Waals surface area contributed by atoms with Crippen LogP contribution in [0.3, 0.4) is 0 Å². The lowest BCUT2D eigenvalue weighted by molar-refractivity contribution is 0.333. The fourth-order valence-electron chi connectivity index (χ4n) is 2.71. The van der Waals surface area contributed by atoms with Crippen LogP contribution in [-0.4, -0.2) is 7.11 Å². The zero-order valence-electron chi connectivity index (χ0n) is 13.6. The molecule has 0 heterocycles. The van der Waals surface area contributed by atoms with Gasteiger partial charge >= 0.3 is 0 Å². The van der Waals surface area contributed by atoms with E-state index in [1.807, 2.05) is 0 Å². The summed E-state index contributed by atoms with van der Waals surface area (Å²) in [4.78, 5) is 0. The highest BCUT2D eigenvalue weighted by molar-refractivity contribution is 5.90. The fraction of sp³-hybridized carbons (Fsp3) is 0.0588. The van der Waals surface area contributed by atoms with E-state index >= 15 is 0 Å². The van der Waals surface area contributed by atoms with Gasteiger partial charge in [-0.3, -0.25) is 0 Å². The minimum Gasteiger partial charge on any atom is -0.491 e. The maximum atomic E-state index is 14.6. The van der Waals surface area contributed by atoms with Crippen LogP contribution in [0.25, 0.3) is 21.9 Å². The van der Waals surface area contributed by atoms with Crippen molar-refractivity contribution in [2.24, 2.45) is 0 Å². The molecule has 3 aromatic rings. The predicted octanol–water partition coefficient (Wildman–Crippen LogP) is 6.05. The normalized spacial score (nSPS) is 11.4. The standard InChI is InChI=1S/C17H3F11O/c1-29-17-15(27)11(23)5(12(24)16(17)28)2-6(18)3-4(8(20)7(2)19)10(22)14(26)13(25)9(3)21/h1H3. The Bertz CT molecular complexity index is 1170. The highest BCUT2D eigenvalue weighted by atomic mass is 19.2. The van der Waals surface area contributed by atoms with Gasteiger partial charge in [0, 0.05) is 0 Å². The molecule has 154 valence electrons. The summed E-state index contributed by atoms with van der Waals surface area (Å²) in [6, 6.07) is 0. The maximum absolute atomic E-state index is 14.6. The fourth-order valence-corrected chi connectivity index (χ4v) is 2.71. The molecule has 0 amide bonds. The number of rotatable bonds is 2. The van der Waals surface area contributed by atoms with Crippen LogP contribution in [0.15, 0.2) is 0 Å².